The van der Waals surface area contributed by atoms with Crippen LogP contribution < -0.4 is 5.32 Å². The molecule has 0 aliphatic heterocycles. The highest BCUT2D eigenvalue weighted by atomic mass is 127. The maximum absolute atomic E-state index is 3.69. The molecule has 0 radical (unpaired) electrons. The van der Waals surface area contributed by atoms with Gasteiger partial charge in [0, 0.05) is 14.1 Å². The SMILES string of the molecule is CCCNC(Cc1ccc(I)cc1)c1cccc(Br)c1C. The summed E-state index contributed by atoms with van der Waals surface area (Å²) in [6.07, 6.45) is 2.17. The smallest absolute Gasteiger partial charge is 0.0363 e. The lowest BCUT2D eigenvalue weighted by Crippen LogP contribution is -2.25. The summed E-state index contributed by atoms with van der Waals surface area (Å²) in [5.74, 6) is 0. The van der Waals surface area contributed by atoms with E-state index in [1.54, 1.807) is 0 Å². The fraction of sp³-hybridized carbons (Fsp3) is 0.333. The summed E-state index contributed by atoms with van der Waals surface area (Å²) in [6.45, 7) is 5.44. The van der Waals surface area contributed by atoms with Crippen molar-refractivity contribution in [2.45, 2.75) is 32.7 Å². The number of hydrogen-bond donors (Lipinski definition) is 1. The van der Waals surface area contributed by atoms with Gasteiger partial charge >= 0.3 is 0 Å². The van der Waals surface area contributed by atoms with Gasteiger partial charge in [-0.25, -0.2) is 0 Å². The normalized spacial score (nSPS) is 12.4. The third-order valence-corrected chi connectivity index (χ3v) is 5.26. The third kappa shape index (κ3) is 4.80. The largest absolute Gasteiger partial charge is 0.310 e. The molecule has 1 N–H and O–H groups in total. The number of hydrogen-bond acceptors (Lipinski definition) is 1. The van der Waals surface area contributed by atoms with Crippen molar-refractivity contribution < 1.29 is 0 Å². The molecule has 2 aromatic carbocycles. The summed E-state index contributed by atoms with van der Waals surface area (Å²) in [7, 11) is 0. The van der Waals surface area contributed by atoms with Gasteiger partial charge in [0.15, 0.2) is 0 Å². The van der Waals surface area contributed by atoms with Crippen LogP contribution in [-0.2, 0) is 6.42 Å². The van der Waals surface area contributed by atoms with Gasteiger partial charge < -0.3 is 5.32 Å². The van der Waals surface area contributed by atoms with Crippen LogP contribution in [0.3, 0.4) is 0 Å². The van der Waals surface area contributed by atoms with Gasteiger partial charge in [0.25, 0.3) is 0 Å². The molecule has 1 nitrogen and oxygen atoms in total. The quantitative estimate of drug-likeness (QED) is 0.553. The number of benzene rings is 2. The first-order valence-corrected chi connectivity index (χ1v) is 9.21. The molecule has 21 heavy (non-hydrogen) atoms. The predicted octanol–water partition coefficient (Wildman–Crippen LogP) is 5.65. The molecular weight excluding hydrogens is 437 g/mol. The lowest BCUT2D eigenvalue weighted by Gasteiger charge is -2.22. The molecule has 1 unspecified atom stereocenters. The highest BCUT2D eigenvalue weighted by Gasteiger charge is 2.15. The van der Waals surface area contributed by atoms with Gasteiger partial charge in [-0.05, 0) is 83.8 Å². The van der Waals surface area contributed by atoms with Crippen LogP contribution in [0.2, 0.25) is 0 Å². The van der Waals surface area contributed by atoms with Crippen LogP contribution in [0.5, 0.6) is 0 Å². The molecule has 2 rings (SSSR count). The van der Waals surface area contributed by atoms with Gasteiger partial charge in [0.1, 0.15) is 0 Å². The summed E-state index contributed by atoms with van der Waals surface area (Å²) >= 11 is 6.00. The molecule has 0 aromatic heterocycles. The Morgan fingerprint density at radius 1 is 1.14 bits per heavy atom. The topological polar surface area (TPSA) is 12.0 Å². The maximum atomic E-state index is 3.69. The molecule has 2 aromatic rings. The molecule has 0 aliphatic carbocycles. The minimum atomic E-state index is 0.363. The number of rotatable bonds is 6. The van der Waals surface area contributed by atoms with E-state index >= 15 is 0 Å². The van der Waals surface area contributed by atoms with Crippen LogP contribution in [0.4, 0.5) is 0 Å². The summed E-state index contributed by atoms with van der Waals surface area (Å²) in [4.78, 5) is 0. The molecule has 112 valence electrons. The van der Waals surface area contributed by atoms with Crippen molar-refractivity contribution in [1.29, 1.82) is 0 Å². The molecule has 1 atom stereocenters. The molecule has 0 heterocycles. The molecule has 0 amide bonds. The molecule has 0 bridgehead atoms. The Hall–Kier alpha value is -0.390. The van der Waals surface area contributed by atoms with Crippen LogP contribution in [-0.4, -0.2) is 6.54 Å². The summed E-state index contributed by atoms with van der Waals surface area (Å²) < 4.78 is 2.47. The Morgan fingerprint density at radius 3 is 2.52 bits per heavy atom. The van der Waals surface area contributed by atoms with E-state index in [4.69, 9.17) is 0 Å². The van der Waals surface area contributed by atoms with Crippen LogP contribution in [0.15, 0.2) is 46.9 Å². The Labute approximate surface area is 149 Å². The van der Waals surface area contributed by atoms with Crippen molar-refractivity contribution >= 4 is 38.5 Å². The van der Waals surface area contributed by atoms with E-state index in [0.29, 0.717) is 6.04 Å². The van der Waals surface area contributed by atoms with E-state index in [0.717, 1.165) is 19.4 Å². The number of nitrogens with one attached hydrogen (secondary N) is 1. The Morgan fingerprint density at radius 2 is 1.86 bits per heavy atom. The van der Waals surface area contributed by atoms with E-state index in [-0.39, 0.29) is 0 Å². The molecule has 3 heteroatoms. The highest BCUT2D eigenvalue weighted by molar-refractivity contribution is 14.1. The second-order valence-corrected chi connectivity index (χ2v) is 7.39. The van der Waals surface area contributed by atoms with Crippen molar-refractivity contribution in [3.63, 3.8) is 0 Å². The summed E-state index contributed by atoms with van der Waals surface area (Å²) in [5.41, 5.74) is 4.09. The van der Waals surface area contributed by atoms with E-state index < -0.39 is 0 Å². The van der Waals surface area contributed by atoms with E-state index in [1.165, 1.54) is 24.7 Å². The molecule has 0 fully saturated rings. The lowest BCUT2D eigenvalue weighted by atomic mass is 9.95. The van der Waals surface area contributed by atoms with E-state index in [9.17, 15) is 0 Å². The number of halogens is 2. The second-order valence-electron chi connectivity index (χ2n) is 5.29. The Bertz CT molecular complexity index is 580. The van der Waals surface area contributed by atoms with Crippen molar-refractivity contribution in [2.24, 2.45) is 0 Å². The first kappa shape index (κ1) is 17.0. The Balaban J connectivity index is 2.25. The fourth-order valence-corrected chi connectivity index (χ4v) is 3.21. The maximum Gasteiger partial charge on any atom is 0.0363 e. The molecule has 0 aliphatic rings. The molecule has 0 saturated carbocycles. The fourth-order valence-electron chi connectivity index (χ4n) is 2.47. The van der Waals surface area contributed by atoms with Gasteiger partial charge in [-0.3, -0.25) is 0 Å². The van der Waals surface area contributed by atoms with Gasteiger partial charge in [0.2, 0.25) is 0 Å². The summed E-state index contributed by atoms with van der Waals surface area (Å²) in [5, 5.41) is 3.69. The van der Waals surface area contributed by atoms with Gasteiger partial charge in [-0.1, -0.05) is 47.1 Å². The standard InChI is InChI=1S/C18H21BrIN/c1-3-11-21-18(12-14-7-9-15(20)10-8-14)16-5-4-6-17(19)13(16)2/h4-10,18,21H,3,11-12H2,1-2H3. The van der Waals surface area contributed by atoms with Gasteiger partial charge in [0.05, 0.1) is 0 Å². The van der Waals surface area contributed by atoms with Crippen LogP contribution in [0, 0.1) is 10.5 Å². The van der Waals surface area contributed by atoms with Crippen LogP contribution in [0.1, 0.15) is 36.1 Å². The average molecular weight is 458 g/mol. The minimum absolute atomic E-state index is 0.363. The third-order valence-electron chi connectivity index (χ3n) is 3.68. The molecule has 0 saturated heterocycles. The van der Waals surface area contributed by atoms with Crippen molar-refractivity contribution in [1.82, 2.24) is 5.32 Å². The van der Waals surface area contributed by atoms with Gasteiger partial charge in [-0.15, -0.1) is 0 Å². The van der Waals surface area contributed by atoms with Crippen molar-refractivity contribution in [3.05, 3.63) is 67.2 Å². The monoisotopic (exact) mass is 457 g/mol. The minimum Gasteiger partial charge on any atom is -0.310 e. The predicted molar refractivity (Wildman–Crippen MR) is 103 cm³/mol. The van der Waals surface area contributed by atoms with Crippen LogP contribution >= 0.6 is 38.5 Å². The zero-order valence-electron chi connectivity index (χ0n) is 12.5. The van der Waals surface area contributed by atoms with E-state index in [2.05, 4.69) is 100 Å². The molecule has 0 spiro atoms. The first-order chi connectivity index (χ1) is 10.1. The van der Waals surface area contributed by atoms with Gasteiger partial charge in [-0.2, -0.15) is 0 Å². The summed E-state index contributed by atoms with van der Waals surface area (Å²) in [6, 6.07) is 15.7. The molecular formula is C18H21BrIN. The average Bonchev–Trinajstić information content (AvgIpc) is 2.48. The first-order valence-electron chi connectivity index (χ1n) is 7.34. The van der Waals surface area contributed by atoms with E-state index in [1.807, 2.05) is 0 Å². The van der Waals surface area contributed by atoms with Crippen molar-refractivity contribution in [3.8, 4) is 0 Å². The Kier molecular flexibility index (Phi) is 6.71. The van der Waals surface area contributed by atoms with Crippen LogP contribution in [0.25, 0.3) is 0 Å². The second kappa shape index (κ2) is 8.30. The highest BCUT2D eigenvalue weighted by Crippen LogP contribution is 2.27. The van der Waals surface area contributed by atoms with Crippen molar-refractivity contribution in [2.75, 3.05) is 6.54 Å². The zero-order chi connectivity index (χ0) is 15.2. The lowest BCUT2D eigenvalue weighted by molar-refractivity contribution is 0.527. The zero-order valence-corrected chi connectivity index (χ0v) is 16.2.